The van der Waals surface area contributed by atoms with Crippen molar-refractivity contribution in [3.63, 3.8) is 0 Å². The fourth-order valence-corrected chi connectivity index (χ4v) is 5.43. The molecule has 1 unspecified atom stereocenters. The highest BCUT2D eigenvalue weighted by atomic mass is 32.2. The Morgan fingerprint density at radius 2 is 1.97 bits per heavy atom. The van der Waals surface area contributed by atoms with Gasteiger partial charge in [0.25, 0.3) is 0 Å². The average Bonchev–Trinajstić information content (AvgIpc) is 3.06. The molecule has 156 valence electrons. The quantitative estimate of drug-likeness (QED) is 0.708. The molecule has 8 heteroatoms. The number of hydrogen-bond acceptors (Lipinski definition) is 6. The fourth-order valence-electron chi connectivity index (χ4n) is 3.15. The Labute approximate surface area is 179 Å². The molecule has 1 atom stereocenters. The van der Waals surface area contributed by atoms with Crippen molar-refractivity contribution in [3.05, 3.63) is 34.2 Å². The first kappa shape index (κ1) is 21.6. The standard InChI is InChI=1S/C21H26N2O4S2/c1-13-9-10-23(20(26)27-21(2,3)4)11-12-28-17(19(24)25)16(13)18-22-14-7-5-6-8-15(14)29-18/h5-8,13H,9-12H2,1-4H3,(H,24,25)/b17-16+. The lowest BCUT2D eigenvalue weighted by molar-refractivity contribution is -0.131. The molecule has 1 aliphatic heterocycles. The first-order chi connectivity index (χ1) is 13.7. The van der Waals surface area contributed by atoms with E-state index >= 15 is 0 Å². The van der Waals surface area contributed by atoms with E-state index in [4.69, 9.17) is 9.72 Å². The smallest absolute Gasteiger partial charge is 0.410 e. The Morgan fingerprint density at radius 1 is 1.24 bits per heavy atom. The molecule has 0 saturated carbocycles. The SMILES string of the molecule is CC1CCN(C(=O)OC(C)(C)C)CCS/C(C(=O)O)=C\1c1nc2ccccc2s1. The third-order valence-corrected chi connectivity index (χ3v) is 6.69. The number of para-hydroxylation sites is 1. The molecule has 2 aromatic rings. The summed E-state index contributed by atoms with van der Waals surface area (Å²) in [4.78, 5) is 31.3. The maximum Gasteiger partial charge on any atom is 0.410 e. The number of amides is 1. The lowest BCUT2D eigenvalue weighted by atomic mass is 9.97. The van der Waals surface area contributed by atoms with E-state index in [2.05, 4.69) is 0 Å². The number of thiazole rings is 1. The molecule has 0 spiro atoms. The number of allylic oxidation sites excluding steroid dienone is 1. The van der Waals surface area contributed by atoms with Crippen molar-refractivity contribution in [1.29, 1.82) is 0 Å². The zero-order valence-electron chi connectivity index (χ0n) is 17.1. The number of carboxylic acids is 1. The second kappa shape index (κ2) is 8.75. The van der Waals surface area contributed by atoms with Gasteiger partial charge in [0, 0.05) is 24.4 Å². The van der Waals surface area contributed by atoms with E-state index in [9.17, 15) is 14.7 Å². The van der Waals surface area contributed by atoms with E-state index in [1.807, 2.05) is 52.0 Å². The van der Waals surface area contributed by atoms with Crippen molar-refractivity contribution in [1.82, 2.24) is 9.88 Å². The van der Waals surface area contributed by atoms with E-state index in [1.165, 1.54) is 23.1 Å². The van der Waals surface area contributed by atoms with Crippen LogP contribution in [0.15, 0.2) is 29.2 Å². The number of fused-ring (bicyclic) bond motifs is 1. The largest absolute Gasteiger partial charge is 0.477 e. The molecule has 2 heterocycles. The molecular formula is C21H26N2O4S2. The summed E-state index contributed by atoms with van der Waals surface area (Å²) in [5, 5.41) is 10.6. The van der Waals surface area contributed by atoms with Crippen molar-refractivity contribution in [3.8, 4) is 0 Å². The number of carboxylic acid groups (broad SMARTS) is 1. The Balaban J connectivity index is 1.91. The van der Waals surface area contributed by atoms with Gasteiger partial charge in [-0.2, -0.15) is 0 Å². The molecule has 6 nitrogen and oxygen atoms in total. The molecule has 1 amide bonds. The zero-order valence-corrected chi connectivity index (χ0v) is 18.7. The minimum absolute atomic E-state index is 0.0581. The number of carbonyl (C=O) groups is 2. The van der Waals surface area contributed by atoms with Crippen LogP contribution in [0.25, 0.3) is 15.8 Å². The minimum Gasteiger partial charge on any atom is -0.477 e. The average molecular weight is 435 g/mol. The van der Waals surface area contributed by atoms with Crippen LogP contribution in [0.4, 0.5) is 4.79 Å². The van der Waals surface area contributed by atoms with Crippen molar-refractivity contribution in [2.75, 3.05) is 18.8 Å². The molecule has 1 aromatic heterocycles. The van der Waals surface area contributed by atoms with E-state index in [-0.39, 0.29) is 12.0 Å². The van der Waals surface area contributed by atoms with Gasteiger partial charge in [0.05, 0.1) is 15.1 Å². The molecule has 0 saturated heterocycles. The third-order valence-electron chi connectivity index (χ3n) is 4.55. The van der Waals surface area contributed by atoms with Crippen molar-refractivity contribution in [2.24, 2.45) is 5.92 Å². The highest BCUT2D eigenvalue weighted by molar-refractivity contribution is 8.04. The number of hydrogen-bond donors (Lipinski definition) is 1. The van der Waals surface area contributed by atoms with Gasteiger partial charge >= 0.3 is 12.1 Å². The zero-order chi connectivity index (χ0) is 21.2. The van der Waals surface area contributed by atoms with Crippen LogP contribution in [0.5, 0.6) is 0 Å². The van der Waals surface area contributed by atoms with Gasteiger partial charge in [-0.25, -0.2) is 14.6 Å². The lowest BCUT2D eigenvalue weighted by Gasteiger charge is -2.27. The second-order valence-corrected chi connectivity index (χ2v) is 10.2. The van der Waals surface area contributed by atoms with Crippen LogP contribution in [0, 0.1) is 5.92 Å². The molecule has 0 bridgehead atoms. The van der Waals surface area contributed by atoms with Gasteiger partial charge in [-0.15, -0.1) is 23.1 Å². The summed E-state index contributed by atoms with van der Waals surface area (Å²) in [6, 6.07) is 7.82. The number of nitrogens with zero attached hydrogens (tertiary/aromatic N) is 2. The van der Waals surface area contributed by atoms with Crippen LogP contribution in [0.3, 0.4) is 0 Å². The molecule has 1 aliphatic rings. The molecule has 1 aromatic carbocycles. The highest BCUT2D eigenvalue weighted by Crippen LogP contribution is 2.39. The monoisotopic (exact) mass is 434 g/mol. The lowest BCUT2D eigenvalue weighted by Crippen LogP contribution is -2.39. The van der Waals surface area contributed by atoms with Gasteiger partial charge in [-0.3, -0.25) is 0 Å². The summed E-state index contributed by atoms with van der Waals surface area (Å²) in [5.41, 5.74) is 1.07. The van der Waals surface area contributed by atoms with Gasteiger partial charge in [0.1, 0.15) is 10.6 Å². The van der Waals surface area contributed by atoms with Crippen LogP contribution in [-0.2, 0) is 9.53 Å². The van der Waals surface area contributed by atoms with E-state index in [1.54, 1.807) is 4.90 Å². The summed E-state index contributed by atoms with van der Waals surface area (Å²) in [6.45, 7) is 8.48. The molecule has 29 heavy (non-hydrogen) atoms. The van der Waals surface area contributed by atoms with Crippen LogP contribution >= 0.6 is 23.1 Å². The second-order valence-electron chi connectivity index (χ2n) is 8.04. The van der Waals surface area contributed by atoms with Gasteiger partial charge in [-0.1, -0.05) is 19.1 Å². The number of rotatable bonds is 2. The van der Waals surface area contributed by atoms with Crippen molar-refractivity contribution < 1.29 is 19.4 Å². The molecule has 0 aliphatic carbocycles. The van der Waals surface area contributed by atoms with Gasteiger partial charge < -0.3 is 14.7 Å². The first-order valence-corrected chi connectivity index (χ1v) is 11.4. The predicted octanol–water partition coefficient (Wildman–Crippen LogP) is 5.10. The van der Waals surface area contributed by atoms with Crippen LogP contribution < -0.4 is 0 Å². The Bertz CT molecular complexity index is 913. The predicted molar refractivity (Wildman–Crippen MR) is 118 cm³/mol. The van der Waals surface area contributed by atoms with Crippen molar-refractivity contribution >= 4 is 51.0 Å². The molecular weight excluding hydrogens is 408 g/mol. The van der Waals surface area contributed by atoms with E-state index < -0.39 is 11.6 Å². The topological polar surface area (TPSA) is 79.7 Å². The number of thioether (sulfide) groups is 1. The summed E-state index contributed by atoms with van der Waals surface area (Å²) < 4.78 is 6.55. The van der Waals surface area contributed by atoms with E-state index in [0.717, 1.165) is 20.8 Å². The minimum atomic E-state index is -0.943. The molecule has 0 fully saturated rings. The summed E-state index contributed by atoms with van der Waals surface area (Å²) in [6.07, 6.45) is 0.285. The van der Waals surface area contributed by atoms with Crippen LogP contribution in [-0.4, -0.2) is 51.5 Å². The maximum absolute atomic E-state index is 12.5. The summed E-state index contributed by atoms with van der Waals surface area (Å²) in [5.74, 6) is -0.513. The number of ether oxygens (including phenoxy) is 1. The number of aliphatic carboxylic acids is 1. The van der Waals surface area contributed by atoms with Crippen LogP contribution in [0.2, 0.25) is 0 Å². The summed E-state index contributed by atoms with van der Waals surface area (Å²) >= 11 is 2.79. The number of carbonyl (C=O) groups excluding carboxylic acids is 1. The Morgan fingerprint density at radius 3 is 2.62 bits per heavy atom. The third kappa shape index (κ3) is 5.30. The van der Waals surface area contributed by atoms with E-state index in [0.29, 0.717) is 30.2 Å². The maximum atomic E-state index is 12.5. The first-order valence-electron chi connectivity index (χ1n) is 9.60. The highest BCUT2D eigenvalue weighted by Gasteiger charge is 2.29. The number of benzene rings is 1. The van der Waals surface area contributed by atoms with Crippen molar-refractivity contribution in [2.45, 2.75) is 39.7 Å². The molecule has 3 rings (SSSR count). The Hall–Kier alpha value is -2.06. The molecule has 1 N–H and O–H groups in total. The Kier molecular flexibility index (Phi) is 6.53. The van der Waals surface area contributed by atoms with Gasteiger partial charge in [0.2, 0.25) is 0 Å². The summed E-state index contributed by atoms with van der Waals surface area (Å²) in [7, 11) is 0. The van der Waals surface area contributed by atoms with Crippen LogP contribution in [0.1, 0.15) is 39.1 Å². The molecule has 0 radical (unpaired) electrons. The fraction of sp³-hybridized carbons (Fsp3) is 0.476. The van der Waals surface area contributed by atoms with Gasteiger partial charge in [0.15, 0.2) is 0 Å². The normalized spacial score (nSPS) is 21.4. The van der Waals surface area contributed by atoms with Gasteiger partial charge in [-0.05, 0) is 45.2 Å². The number of aromatic nitrogens is 1.